The van der Waals surface area contributed by atoms with Crippen LogP contribution in [0.1, 0.15) is 108 Å². The van der Waals surface area contributed by atoms with E-state index in [9.17, 15) is 4.79 Å². The van der Waals surface area contributed by atoms with Crippen molar-refractivity contribution < 1.29 is 19.1 Å². The number of aryl methyl sites for hydroxylation is 4. The van der Waals surface area contributed by atoms with Crippen LogP contribution in [-0.2, 0) is 46.7 Å². The molecule has 0 unspecified atom stereocenters. The maximum Gasteiger partial charge on any atom is 0.342 e. The van der Waals surface area contributed by atoms with Gasteiger partial charge >= 0.3 is 5.97 Å². The Morgan fingerprint density at radius 2 is 1.13 bits per heavy atom. The van der Waals surface area contributed by atoms with E-state index in [1.54, 1.807) is 18.0 Å². The van der Waals surface area contributed by atoms with Gasteiger partial charge < -0.3 is 14.4 Å². The fourth-order valence-corrected chi connectivity index (χ4v) is 8.40. The number of carbonyl (C=O) groups excluding carboxylic acids is 2. The summed E-state index contributed by atoms with van der Waals surface area (Å²) in [5.41, 5.74) is 11.8. The fourth-order valence-electron chi connectivity index (χ4n) is 7.35. The van der Waals surface area contributed by atoms with Crippen LogP contribution in [0.3, 0.4) is 0 Å². The molecule has 6 aromatic carbocycles. The minimum absolute atomic E-state index is 0.0843. The van der Waals surface area contributed by atoms with Gasteiger partial charge in [-0.05, 0) is 107 Å². The van der Waals surface area contributed by atoms with E-state index in [1.807, 2.05) is 77.7 Å². The van der Waals surface area contributed by atoms with E-state index in [4.69, 9.17) is 9.47 Å². The highest BCUT2D eigenvalue weighted by Crippen LogP contribution is 2.35. The predicted molar refractivity (Wildman–Crippen MR) is 256 cm³/mol. The molecular formula is C55H62N2O4S. The van der Waals surface area contributed by atoms with Gasteiger partial charge in [0.1, 0.15) is 24.5 Å². The summed E-state index contributed by atoms with van der Waals surface area (Å²) >= 11 is 1.63. The number of nitrogens with zero attached hydrogens (tertiary/aromatic N) is 2. The van der Waals surface area contributed by atoms with E-state index in [2.05, 4.69) is 128 Å². The Morgan fingerprint density at radius 3 is 1.69 bits per heavy atom. The number of ether oxygens (including phenoxy) is 2. The molecule has 0 aromatic heterocycles. The van der Waals surface area contributed by atoms with Crippen LogP contribution in [-0.4, -0.2) is 22.7 Å². The number of carbonyl (C=O) groups is 2. The number of esters is 1. The lowest BCUT2D eigenvalue weighted by molar-refractivity contribution is -0.118. The molecule has 0 saturated carbocycles. The van der Waals surface area contributed by atoms with Crippen molar-refractivity contribution in [1.82, 2.24) is 4.31 Å². The van der Waals surface area contributed by atoms with Crippen LogP contribution in [0, 0.1) is 27.7 Å². The van der Waals surface area contributed by atoms with E-state index < -0.39 is 5.97 Å². The Kier molecular flexibility index (Phi) is 14.8. The quantitative estimate of drug-likeness (QED) is 0.0758. The first-order valence-electron chi connectivity index (χ1n) is 21.5. The molecule has 6 rings (SSSR count). The Bertz CT molecular complexity index is 2410. The molecule has 0 radical (unpaired) electrons. The Hall–Kier alpha value is -5.63. The molecule has 6 nitrogen and oxygen atoms in total. The summed E-state index contributed by atoms with van der Waals surface area (Å²) in [5, 5.41) is 0. The zero-order chi connectivity index (χ0) is 44.6. The predicted octanol–water partition coefficient (Wildman–Crippen LogP) is 13.2. The average Bonchev–Trinajstić information content (AvgIpc) is 3.23. The first kappa shape index (κ1) is 45.9. The molecule has 0 heterocycles. The summed E-state index contributed by atoms with van der Waals surface area (Å²) in [6, 6.07) is 44.5. The van der Waals surface area contributed by atoms with Gasteiger partial charge in [0, 0.05) is 23.2 Å². The molecule has 322 valence electrons. The Labute approximate surface area is 374 Å². The summed E-state index contributed by atoms with van der Waals surface area (Å²) in [5.74, 6) is -0.240. The monoisotopic (exact) mass is 846 g/mol. The van der Waals surface area contributed by atoms with E-state index in [0.29, 0.717) is 30.1 Å². The molecule has 1 amide bonds. The summed E-state index contributed by atoms with van der Waals surface area (Å²) < 4.78 is 14.5. The van der Waals surface area contributed by atoms with Crippen molar-refractivity contribution in [2.24, 2.45) is 0 Å². The third kappa shape index (κ3) is 12.5. The molecule has 0 aliphatic heterocycles. The molecule has 0 aliphatic carbocycles. The van der Waals surface area contributed by atoms with E-state index in [-0.39, 0.29) is 36.5 Å². The van der Waals surface area contributed by atoms with Gasteiger partial charge in [0.15, 0.2) is 0 Å². The van der Waals surface area contributed by atoms with Crippen molar-refractivity contribution in [3.63, 3.8) is 0 Å². The zero-order valence-corrected chi connectivity index (χ0v) is 39.0. The van der Waals surface area contributed by atoms with Gasteiger partial charge in [0.05, 0.1) is 13.1 Å². The van der Waals surface area contributed by atoms with Crippen molar-refractivity contribution in [3.05, 3.63) is 195 Å². The van der Waals surface area contributed by atoms with Crippen molar-refractivity contribution in [2.75, 3.05) is 11.4 Å². The molecule has 6 aromatic rings. The number of benzene rings is 6. The number of hydrogen-bond acceptors (Lipinski definition) is 6. The highest BCUT2D eigenvalue weighted by molar-refractivity contribution is 7.97. The maximum atomic E-state index is 15.3. The molecular weight excluding hydrogens is 785 g/mol. The van der Waals surface area contributed by atoms with Crippen LogP contribution in [0.2, 0.25) is 0 Å². The second kappa shape index (κ2) is 20.0. The molecule has 0 saturated heterocycles. The molecule has 7 heteroatoms. The third-order valence-corrected chi connectivity index (χ3v) is 12.3. The van der Waals surface area contributed by atoms with Crippen molar-refractivity contribution >= 4 is 29.5 Å². The number of rotatable bonds is 15. The third-order valence-electron chi connectivity index (χ3n) is 10.9. The summed E-state index contributed by atoms with van der Waals surface area (Å²) in [7, 11) is 0. The van der Waals surface area contributed by atoms with Gasteiger partial charge in [0.2, 0.25) is 5.91 Å². The molecule has 0 spiro atoms. The van der Waals surface area contributed by atoms with Crippen LogP contribution < -0.4 is 9.64 Å². The summed E-state index contributed by atoms with van der Waals surface area (Å²) in [6.07, 6.45) is 0. The molecule has 0 fully saturated rings. The van der Waals surface area contributed by atoms with Crippen LogP contribution in [0.4, 0.5) is 5.69 Å². The lowest BCUT2D eigenvalue weighted by atomic mass is 9.79. The molecule has 0 N–H and O–H groups in total. The molecule has 0 aliphatic rings. The van der Waals surface area contributed by atoms with Crippen LogP contribution in [0.15, 0.2) is 138 Å². The van der Waals surface area contributed by atoms with Crippen molar-refractivity contribution in [2.45, 2.75) is 111 Å². The van der Waals surface area contributed by atoms with E-state index in [1.165, 1.54) is 33.4 Å². The lowest BCUT2D eigenvalue weighted by Gasteiger charge is -2.30. The van der Waals surface area contributed by atoms with Gasteiger partial charge in [-0.15, -0.1) is 0 Å². The first-order valence-corrected chi connectivity index (χ1v) is 22.2. The van der Waals surface area contributed by atoms with Gasteiger partial charge in [0.25, 0.3) is 0 Å². The van der Waals surface area contributed by atoms with Gasteiger partial charge in [-0.3, -0.25) is 4.79 Å². The van der Waals surface area contributed by atoms with E-state index >= 15 is 4.79 Å². The second-order valence-corrected chi connectivity index (χ2v) is 19.6. The number of hydrogen-bond donors (Lipinski definition) is 0. The number of anilines is 1. The van der Waals surface area contributed by atoms with Gasteiger partial charge in [-0.2, -0.15) is 0 Å². The average molecular weight is 847 g/mol. The van der Waals surface area contributed by atoms with Gasteiger partial charge in [-0.25, -0.2) is 9.10 Å². The van der Waals surface area contributed by atoms with Crippen LogP contribution in [0.5, 0.6) is 5.75 Å². The Morgan fingerprint density at radius 1 is 0.565 bits per heavy atom. The molecule has 0 bridgehead atoms. The van der Waals surface area contributed by atoms with Crippen molar-refractivity contribution in [1.29, 1.82) is 0 Å². The first-order chi connectivity index (χ1) is 29.4. The van der Waals surface area contributed by atoms with E-state index in [0.717, 1.165) is 27.1 Å². The van der Waals surface area contributed by atoms with Crippen LogP contribution >= 0.6 is 11.9 Å². The van der Waals surface area contributed by atoms with Crippen molar-refractivity contribution in [3.8, 4) is 5.75 Å². The maximum absolute atomic E-state index is 15.3. The summed E-state index contributed by atoms with van der Waals surface area (Å²) in [4.78, 5) is 32.1. The lowest BCUT2D eigenvalue weighted by Crippen LogP contribution is -2.38. The highest BCUT2D eigenvalue weighted by Gasteiger charge is 2.27. The second-order valence-electron chi connectivity index (χ2n) is 18.5. The Balaban J connectivity index is 1.44. The minimum Gasteiger partial charge on any atom is -0.488 e. The normalized spacial score (nSPS) is 11.7. The topological polar surface area (TPSA) is 59.1 Å². The molecule has 62 heavy (non-hydrogen) atoms. The highest BCUT2D eigenvalue weighted by atomic mass is 32.2. The van der Waals surface area contributed by atoms with Gasteiger partial charge in [-0.1, -0.05) is 168 Å². The minimum atomic E-state index is -0.501. The summed E-state index contributed by atoms with van der Waals surface area (Å²) in [6.45, 7) is 23.2. The van der Waals surface area contributed by atoms with Crippen LogP contribution in [0.25, 0.3) is 0 Å². The largest absolute Gasteiger partial charge is 0.488 e. The number of amides is 1. The standard InChI is InChI=1S/C55H62N2O4S/c1-38-21-23-42(24-22-38)33-56(62-52-40(3)27-39(2)28-41(52)4)35-51(58)57(34-45-29-46(54(5,6)7)31-47(30-45)55(8,9)10)48-25-26-49(53(59)61-37-44-19-15-12-16-20-44)50(32-48)60-36-43-17-13-11-14-18-43/h11-32H,33-37H2,1-10H3. The fraction of sp³-hybridized carbons (Fsp3) is 0.309. The zero-order valence-electron chi connectivity index (χ0n) is 38.2. The smallest absolute Gasteiger partial charge is 0.342 e. The SMILES string of the molecule is Cc1ccc(CN(CC(=O)N(Cc2cc(C(C)(C)C)cc(C(C)(C)C)c2)c2ccc(C(=O)OCc3ccccc3)c(OCc3ccccc3)c2)Sc2c(C)cc(C)cc2C)cc1. The molecule has 0 atom stereocenters.